The maximum atomic E-state index is 14.1. The van der Waals surface area contributed by atoms with E-state index >= 15 is 0 Å². The van der Waals surface area contributed by atoms with Gasteiger partial charge in [-0.15, -0.1) is 0 Å². The lowest BCUT2D eigenvalue weighted by Crippen LogP contribution is -2.74. The number of hydrogen-bond acceptors (Lipinski definition) is 5. The van der Waals surface area contributed by atoms with Crippen molar-refractivity contribution in [1.29, 1.82) is 0 Å². The number of Topliss-reactive ketones (excluding diaryl/α,β-unsaturated/α-hetero) is 1. The van der Waals surface area contributed by atoms with Gasteiger partial charge in [-0.1, -0.05) is 47.1 Å². The van der Waals surface area contributed by atoms with E-state index in [4.69, 9.17) is 14.2 Å². The molecule has 5 fully saturated rings. The first-order valence-corrected chi connectivity index (χ1v) is 13.7. The lowest BCUT2D eigenvalue weighted by atomic mass is 9.39. The van der Waals surface area contributed by atoms with Crippen molar-refractivity contribution in [1.82, 2.24) is 0 Å². The van der Waals surface area contributed by atoms with E-state index in [1.807, 2.05) is 13.8 Å². The third-order valence-electron chi connectivity index (χ3n) is 10.6. The van der Waals surface area contributed by atoms with Crippen LogP contribution < -0.4 is 0 Å². The molecule has 0 aromatic rings. The maximum absolute atomic E-state index is 14.1. The standard InChI is InChI=1S/C29H44O5/c1-8-9-10-11-23(30)32-21-14-15-26(3,4)20-16-22-29-19(28(20,21)7)13-12-18(17(2)24(29)31)25(29)34-27(5,6)33-22/h18-22,25H,2,8-16H2,1,3-7H3/t18-,19-,20+,21-,22+,25+,28-,29-/m0/s1. The predicted molar refractivity (Wildman–Crippen MR) is 130 cm³/mol. The minimum absolute atomic E-state index is 0.0564. The van der Waals surface area contributed by atoms with E-state index in [2.05, 4.69) is 34.3 Å². The highest BCUT2D eigenvalue weighted by atomic mass is 16.7. The van der Waals surface area contributed by atoms with Gasteiger partial charge in [0.15, 0.2) is 11.6 Å². The van der Waals surface area contributed by atoms with E-state index < -0.39 is 11.2 Å². The number of carbonyl (C=O) groups excluding carboxylic acids is 2. The molecule has 4 aliphatic carbocycles. The van der Waals surface area contributed by atoms with Crippen molar-refractivity contribution < 1.29 is 23.8 Å². The van der Waals surface area contributed by atoms with Crippen LogP contribution in [0.4, 0.5) is 0 Å². The van der Waals surface area contributed by atoms with Crippen molar-refractivity contribution in [3.8, 4) is 0 Å². The Morgan fingerprint density at radius 3 is 2.50 bits per heavy atom. The minimum atomic E-state index is -0.721. The molecule has 0 aromatic heterocycles. The van der Waals surface area contributed by atoms with Gasteiger partial charge in [0, 0.05) is 17.8 Å². The molecule has 0 unspecified atom stereocenters. The van der Waals surface area contributed by atoms with E-state index in [0.29, 0.717) is 12.3 Å². The van der Waals surface area contributed by atoms with Crippen molar-refractivity contribution in [3.05, 3.63) is 12.2 Å². The van der Waals surface area contributed by atoms with Crippen LogP contribution in [0, 0.1) is 34.0 Å². The van der Waals surface area contributed by atoms with E-state index in [1.165, 1.54) is 0 Å². The van der Waals surface area contributed by atoms with Gasteiger partial charge < -0.3 is 14.2 Å². The van der Waals surface area contributed by atoms with Gasteiger partial charge in [0.05, 0.1) is 17.6 Å². The molecule has 8 atom stereocenters. The molecule has 0 amide bonds. The lowest BCUT2D eigenvalue weighted by molar-refractivity contribution is -0.385. The van der Waals surface area contributed by atoms with Gasteiger partial charge in [0.2, 0.25) is 0 Å². The highest BCUT2D eigenvalue weighted by Gasteiger charge is 2.78. The molecule has 1 heterocycles. The van der Waals surface area contributed by atoms with E-state index in [0.717, 1.165) is 56.9 Å². The monoisotopic (exact) mass is 472 g/mol. The molecular weight excluding hydrogens is 428 g/mol. The Hall–Kier alpha value is -1.20. The van der Waals surface area contributed by atoms with Crippen LogP contribution in [-0.2, 0) is 23.8 Å². The number of rotatable bonds is 5. The van der Waals surface area contributed by atoms with Gasteiger partial charge in [-0.05, 0) is 75.2 Å². The molecule has 190 valence electrons. The molecule has 2 bridgehead atoms. The maximum Gasteiger partial charge on any atom is 0.306 e. The summed E-state index contributed by atoms with van der Waals surface area (Å²) in [5.41, 5.74) is -0.195. The van der Waals surface area contributed by atoms with Gasteiger partial charge in [0.25, 0.3) is 0 Å². The fraction of sp³-hybridized carbons (Fsp3) is 0.862. The Kier molecular flexibility index (Phi) is 5.69. The zero-order valence-electron chi connectivity index (χ0n) is 22.1. The summed E-state index contributed by atoms with van der Waals surface area (Å²) in [6, 6.07) is 0. The van der Waals surface area contributed by atoms with E-state index in [-0.39, 0.29) is 52.7 Å². The number of esters is 1. The van der Waals surface area contributed by atoms with Gasteiger partial charge >= 0.3 is 5.97 Å². The van der Waals surface area contributed by atoms with Crippen LogP contribution >= 0.6 is 0 Å². The summed E-state index contributed by atoms with van der Waals surface area (Å²) in [5.74, 6) is -0.219. The molecule has 5 heteroatoms. The van der Waals surface area contributed by atoms with Crippen LogP contribution in [0.2, 0.25) is 0 Å². The second kappa shape index (κ2) is 7.90. The largest absolute Gasteiger partial charge is 0.462 e. The quantitative estimate of drug-likeness (QED) is 0.279. The molecule has 0 aromatic carbocycles. The SMILES string of the molecule is C=C1C(=O)[C@@]23[C@@H]4OC(C)(C)O[C@@H]2C[C@@H]2C(C)(C)CC[C@H](OC(=O)CCCCC)[C@@]2(C)[C@@H]3CC[C@@H]14. The summed E-state index contributed by atoms with van der Waals surface area (Å²) in [4.78, 5) is 27.0. The van der Waals surface area contributed by atoms with Crippen LogP contribution in [0.3, 0.4) is 0 Å². The van der Waals surface area contributed by atoms with Crippen molar-refractivity contribution in [2.75, 3.05) is 0 Å². The third kappa shape index (κ3) is 3.18. The number of ether oxygens (including phenoxy) is 3. The van der Waals surface area contributed by atoms with Crippen LogP contribution in [0.25, 0.3) is 0 Å². The Morgan fingerprint density at radius 1 is 1.06 bits per heavy atom. The average molecular weight is 473 g/mol. The molecule has 34 heavy (non-hydrogen) atoms. The molecule has 5 rings (SSSR count). The van der Waals surface area contributed by atoms with Crippen LogP contribution in [0.15, 0.2) is 12.2 Å². The second-order valence-corrected chi connectivity index (χ2v) is 13.2. The predicted octanol–water partition coefficient (Wildman–Crippen LogP) is 6.00. The minimum Gasteiger partial charge on any atom is -0.462 e. The van der Waals surface area contributed by atoms with Crippen LogP contribution in [0.1, 0.15) is 99.3 Å². The molecule has 0 N–H and O–H groups in total. The molecule has 1 saturated heterocycles. The molecule has 4 saturated carbocycles. The summed E-state index contributed by atoms with van der Waals surface area (Å²) in [6.07, 6.45) is 7.45. The first-order valence-electron chi connectivity index (χ1n) is 13.7. The van der Waals surface area contributed by atoms with Crippen LogP contribution in [-0.4, -0.2) is 35.9 Å². The van der Waals surface area contributed by atoms with Gasteiger partial charge in [0.1, 0.15) is 6.10 Å². The average Bonchev–Trinajstić information content (AvgIpc) is 2.87. The second-order valence-electron chi connectivity index (χ2n) is 13.2. The summed E-state index contributed by atoms with van der Waals surface area (Å²) in [6.45, 7) is 17.4. The molecule has 1 aliphatic heterocycles. The third-order valence-corrected chi connectivity index (χ3v) is 10.6. The zero-order chi connectivity index (χ0) is 24.7. The van der Waals surface area contributed by atoms with E-state index in [1.54, 1.807) is 0 Å². The number of ketones is 1. The smallest absolute Gasteiger partial charge is 0.306 e. The van der Waals surface area contributed by atoms with Gasteiger partial charge in [-0.25, -0.2) is 0 Å². The normalized spacial score (nSPS) is 45.9. The van der Waals surface area contributed by atoms with Gasteiger partial charge in [-0.3, -0.25) is 9.59 Å². The number of carbonyl (C=O) groups is 2. The van der Waals surface area contributed by atoms with Crippen molar-refractivity contribution >= 4 is 11.8 Å². The number of fused-ring (bicyclic) bond motifs is 2. The number of unbranched alkanes of at least 4 members (excludes halogenated alkanes) is 2. The van der Waals surface area contributed by atoms with Crippen molar-refractivity contribution in [2.24, 2.45) is 34.0 Å². The highest BCUT2D eigenvalue weighted by Crippen LogP contribution is 2.73. The topological polar surface area (TPSA) is 61.8 Å². The molecule has 0 radical (unpaired) electrons. The fourth-order valence-corrected chi connectivity index (χ4v) is 9.17. The summed E-state index contributed by atoms with van der Waals surface area (Å²) in [5, 5.41) is 0. The van der Waals surface area contributed by atoms with Crippen molar-refractivity contribution in [3.63, 3.8) is 0 Å². The number of hydrogen-bond donors (Lipinski definition) is 0. The Bertz CT molecular complexity index is 889. The van der Waals surface area contributed by atoms with Crippen molar-refractivity contribution in [2.45, 2.75) is 123 Å². The molecular formula is C29H44O5. The van der Waals surface area contributed by atoms with Crippen LogP contribution in [0.5, 0.6) is 0 Å². The molecule has 1 spiro atoms. The summed E-state index contributed by atoms with van der Waals surface area (Å²) < 4.78 is 19.5. The van der Waals surface area contributed by atoms with Gasteiger partial charge in [-0.2, -0.15) is 0 Å². The Labute approximate surface area is 205 Å². The fourth-order valence-electron chi connectivity index (χ4n) is 9.17. The highest BCUT2D eigenvalue weighted by molar-refractivity contribution is 6.04. The molecule has 5 aliphatic rings. The zero-order valence-corrected chi connectivity index (χ0v) is 22.1. The first-order chi connectivity index (χ1) is 15.9. The molecule has 5 nitrogen and oxygen atoms in total. The summed E-state index contributed by atoms with van der Waals surface area (Å²) >= 11 is 0. The summed E-state index contributed by atoms with van der Waals surface area (Å²) in [7, 11) is 0. The first kappa shape index (κ1) is 24.5. The Balaban J connectivity index is 1.57. The Morgan fingerprint density at radius 2 is 1.79 bits per heavy atom. The van der Waals surface area contributed by atoms with E-state index in [9.17, 15) is 9.59 Å². The lowest BCUT2D eigenvalue weighted by Gasteiger charge is -2.69.